The van der Waals surface area contributed by atoms with E-state index < -0.39 is 30.0 Å². The van der Waals surface area contributed by atoms with Crippen LogP contribution in [0, 0.1) is 0 Å². The number of urea groups is 1. The SMILES string of the molecule is CC[C@@]1(c2ccccc2)NC(=O)N(NC(=O)COc2ccccc2NC(C)=O)C1=O. The molecule has 0 radical (unpaired) electrons. The van der Waals surface area contributed by atoms with E-state index >= 15 is 0 Å². The Morgan fingerprint density at radius 1 is 1.07 bits per heavy atom. The zero-order valence-corrected chi connectivity index (χ0v) is 16.6. The molecule has 0 spiro atoms. The van der Waals surface area contributed by atoms with Gasteiger partial charge < -0.3 is 15.4 Å². The zero-order valence-electron chi connectivity index (χ0n) is 16.6. The average molecular weight is 410 g/mol. The molecule has 2 aromatic rings. The number of imide groups is 1. The highest BCUT2D eigenvalue weighted by molar-refractivity contribution is 6.08. The Balaban J connectivity index is 1.68. The predicted molar refractivity (Wildman–Crippen MR) is 108 cm³/mol. The second-order valence-electron chi connectivity index (χ2n) is 6.70. The molecule has 156 valence electrons. The first-order valence-corrected chi connectivity index (χ1v) is 9.38. The summed E-state index contributed by atoms with van der Waals surface area (Å²) < 4.78 is 5.45. The Morgan fingerprint density at radius 2 is 1.73 bits per heavy atom. The summed E-state index contributed by atoms with van der Waals surface area (Å²) in [5.41, 5.74) is 2.08. The number of anilines is 1. The van der Waals surface area contributed by atoms with Gasteiger partial charge in [-0.25, -0.2) is 4.79 Å². The van der Waals surface area contributed by atoms with Crippen LogP contribution in [0.1, 0.15) is 25.8 Å². The fourth-order valence-electron chi connectivity index (χ4n) is 3.22. The van der Waals surface area contributed by atoms with E-state index in [9.17, 15) is 19.2 Å². The second-order valence-corrected chi connectivity index (χ2v) is 6.70. The molecule has 30 heavy (non-hydrogen) atoms. The third-order valence-corrected chi connectivity index (χ3v) is 4.68. The van der Waals surface area contributed by atoms with Crippen LogP contribution in [-0.2, 0) is 19.9 Å². The molecule has 1 aliphatic rings. The molecule has 1 saturated heterocycles. The lowest BCUT2D eigenvalue weighted by Gasteiger charge is -2.25. The Kier molecular flexibility index (Phi) is 6.01. The number of amides is 5. The number of hydrazine groups is 1. The van der Waals surface area contributed by atoms with Crippen molar-refractivity contribution >= 4 is 29.4 Å². The van der Waals surface area contributed by atoms with Gasteiger partial charge in [0, 0.05) is 6.92 Å². The Labute approximate surface area is 173 Å². The van der Waals surface area contributed by atoms with Crippen LogP contribution in [0.3, 0.4) is 0 Å². The number of para-hydroxylation sites is 2. The van der Waals surface area contributed by atoms with Gasteiger partial charge in [-0.3, -0.25) is 19.8 Å². The summed E-state index contributed by atoms with van der Waals surface area (Å²) >= 11 is 0. The molecule has 0 saturated carbocycles. The number of ether oxygens (including phenoxy) is 1. The minimum absolute atomic E-state index is 0.284. The number of nitrogens with zero attached hydrogens (tertiary/aromatic N) is 1. The fourth-order valence-corrected chi connectivity index (χ4v) is 3.22. The van der Waals surface area contributed by atoms with Crippen molar-refractivity contribution in [2.45, 2.75) is 25.8 Å². The molecule has 0 bridgehead atoms. The van der Waals surface area contributed by atoms with Crippen LogP contribution in [0.5, 0.6) is 5.75 Å². The minimum atomic E-state index is -1.25. The molecule has 5 amide bonds. The van der Waals surface area contributed by atoms with E-state index in [2.05, 4.69) is 16.1 Å². The molecule has 1 atom stereocenters. The van der Waals surface area contributed by atoms with Crippen molar-refractivity contribution in [3.8, 4) is 5.75 Å². The van der Waals surface area contributed by atoms with Crippen LogP contribution in [0.25, 0.3) is 0 Å². The van der Waals surface area contributed by atoms with Crippen LogP contribution in [0.15, 0.2) is 54.6 Å². The molecule has 1 aliphatic heterocycles. The Morgan fingerprint density at radius 3 is 2.40 bits per heavy atom. The standard InChI is InChI=1S/C21H22N4O5/c1-3-21(15-9-5-4-6-10-15)19(28)25(20(29)23-21)24-18(27)13-30-17-12-8-7-11-16(17)22-14(2)26/h4-12H,3,13H2,1-2H3,(H,22,26)(H,23,29)(H,24,27)/t21-/m0/s1. The number of carbonyl (C=O) groups excluding carboxylic acids is 4. The Bertz CT molecular complexity index is 978. The topological polar surface area (TPSA) is 117 Å². The van der Waals surface area contributed by atoms with Gasteiger partial charge in [-0.15, -0.1) is 0 Å². The van der Waals surface area contributed by atoms with Crippen molar-refractivity contribution < 1.29 is 23.9 Å². The van der Waals surface area contributed by atoms with Crippen molar-refractivity contribution in [3.63, 3.8) is 0 Å². The molecule has 2 aromatic carbocycles. The van der Waals surface area contributed by atoms with Gasteiger partial charge in [-0.05, 0) is 24.1 Å². The molecular formula is C21H22N4O5. The average Bonchev–Trinajstić information content (AvgIpc) is 2.98. The van der Waals surface area contributed by atoms with Crippen molar-refractivity contribution in [2.75, 3.05) is 11.9 Å². The molecule has 1 fully saturated rings. The van der Waals surface area contributed by atoms with Crippen molar-refractivity contribution in [3.05, 3.63) is 60.2 Å². The first kappa shape index (κ1) is 20.8. The molecular weight excluding hydrogens is 388 g/mol. The number of rotatable bonds is 7. The van der Waals surface area contributed by atoms with Gasteiger partial charge in [0.25, 0.3) is 11.8 Å². The van der Waals surface area contributed by atoms with Gasteiger partial charge in [0.1, 0.15) is 11.3 Å². The summed E-state index contributed by atoms with van der Waals surface area (Å²) in [5, 5.41) is 5.94. The zero-order chi connectivity index (χ0) is 21.7. The van der Waals surface area contributed by atoms with Gasteiger partial charge in [-0.2, -0.15) is 5.01 Å². The van der Waals surface area contributed by atoms with Crippen LogP contribution >= 0.6 is 0 Å². The van der Waals surface area contributed by atoms with Crippen LogP contribution in [-0.4, -0.2) is 35.4 Å². The van der Waals surface area contributed by atoms with Crippen molar-refractivity contribution in [2.24, 2.45) is 0 Å². The molecule has 9 heteroatoms. The summed E-state index contributed by atoms with van der Waals surface area (Å²) in [5.74, 6) is -1.27. The van der Waals surface area contributed by atoms with Crippen molar-refractivity contribution in [1.29, 1.82) is 0 Å². The Hall–Kier alpha value is -3.88. The van der Waals surface area contributed by atoms with Crippen molar-refractivity contribution in [1.82, 2.24) is 15.8 Å². The summed E-state index contributed by atoms with van der Waals surface area (Å²) in [6.45, 7) is 2.67. The monoisotopic (exact) mass is 410 g/mol. The van der Waals surface area contributed by atoms with Crippen LogP contribution in [0.4, 0.5) is 10.5 Å². The highest BCUT2D eigenvalue weighted by Crippen LogP contribution is 2.31. The highest BCUT2D eigenvalue weighted by atomic mass is 16.5. The van der Waals surface area contributed by atoms with Crippen LogP contribution in [0.2, 0.25) is 0 Å². The molecule has 1 heterocycles. The normalized spacial score (nSPS) is 18.0. The van der Waals surface area contributed by atoms with E-state index in [0.29, 0.717) is 22.7 Å². The molecule has 3 rings (SSSR count). The molecule has 0 aliphatic carbocycles. The van der Waals surface area contributed by atoms with Gasteiger partial charge in [0.05, 0.1) is 5.69 Å². The summed E-state index contributed by atoms with van der Waals surface area (Å²) in [6, 6.07) is 14.7. The summed E-state index contributed by atoms with van der Waals surface area (Å²) in [6.07, 6.45) is 0.314. The van der Waals surface area contributed by atoms with Gasteiger partial charge >= 0.3 is 6.03 Å². The predicted octanol–water partition coefficient (Wildman–Crippen LogP) is 1.91. The maximum atomic E-state index is 13.0. The smallest absolute Gasteiger partial charge is 0.344 e. The number of hydrogen-bond acceptors (Lipinski definition) is 5. The largest absolute Gasteiger partial charge is 0.482 e. The maximum Gasteiger partial charge on any atom is 0.344 e. The summed E-state index contributed by atoms with van der Waals surface area (Å²) in [4.78, 5) is 49.0. The summed E-state index contributed by atoms with van der Waals surface area (Å²) in [7, 11) is 0. The van der Waals surface area contributed by atoms with Crippen LogP contribution < -0.4 is 20.8 Å². The fraction of sp³-hybridized carbons (Fsp3) is 0.238. The lowest BCUT2D eigenvalue weighted by atomic mass is 9.87. The number of carbonyl (C=O) groups is 4. The van der Waals surface area contributed by atoms with E-state index in [-0.39, 0.29) is 11.7 Å². The molecule has 9 nitrogen and oxygen atoms in total. The number of nitrogens with one attached hydrogen (secondary N) is 3. The minimum Gasteiger partial charge on any atom is -0.482 e. The quantitative estimate of drug-likeness (QED) is 0.603. The van der Waals surface area contributed by atoms with E-state index in [1.54, 1.807) is 55.5 Å². The van der Waals surface area contributed by atoms with E-state index in [4.69, 9.17) is 4.74 Å². The third kappa shape index (κ3) is 4.09. The first-order valence-electron chi connectivity index (χ1n) is 9.38. The lowest BCUT2D eigenvalue weighted by molar-refractivity contribution is -0.140. The third-order valence-electron chi connectivity index (χ3n) is 4.68. The van der Waals surface area contributed by atoms with Gasteiger partial charge in [-0.1, -0.05) is 49.4 Å². The van der Waals surface area contributed by atoms with Gasteiger partial charge in [0.15, 0.2) is 6.61 Å². The van der Waals surface area contributed by atoms with Gasteiger partial charge in [0.2, 0.25) is 5.91 Å². The van der Waals surface area contributed by atoms with E-state index in [1.807, 2.05) is 6.07 Å². The molecule has 0 aromatic heterocycles. The highest BCUT2D eigenvalue weighted by Gasteiger charge is 2.52. The van der Waals surface area contributed by atoms with E-state index in [0.717, 1.165) is 0 Å². The van der Waals surface area contributed by atoms with E-state index in [1.165, 1.54) is 6.92 Å². The number of hydrogen-bond donors (Lipinski definition) is 3. The number of benzene rings is 2. The first-order chi connectivity index (χ1) is 14.4. The lowest BCUT2D eigenvalue weighted by Crippen LogP contribution is -2.49. The molecule has 0 unspecified atom stereocenters. The second kappa shape index (κ2) is 8.64. The maximum absolute atomic E-state index is 13.0. The molecule has 3 N–H and O–H groups in total.